The molecule has 0 radical (unpaired) electrons. The summed E-state index contributed by atoms with van der Waals surface area (Å²) in [7, 11) is 0. The monoisotopic (exact) mass is 276 g/mol. The van der Waals surface area contributed by atoms with E-state index in [1.807, 2.05) is 48.5 Å². The van der Waals surface area contributed by atoms with Gasteiger partial charge in [-0.3, -0.25) is 4.79 Å². The van der Waals surface area contributed by atoms with E-state index in [9.17, 15) is 4.79 Å². The Kier molecular flexibility index (Phi) is 4.45. The molecule has 0 N–H and O–H groups in total. The first kappa shape index (κ1) is 13.2. The molecule has 0 atom stereocenters. The van der Waals surface area contributed by atoms with Crippen molar-refractivity contribution < 1.29 is 4.79 Å². The summed E-state index contributed by atoms with van der Waals surface area (Å²) in [6.45, 7) is 1.61. The summed E-state index contributed by atoms with van der Waals surface area (Å²) in [5.74, 6) is 0.188. The number of hydrogen-bond acceptors (Lipinski definition) is 2. The van der Waals surface area contributed by atoms with Crippen LogP contribution in [0.4, 0.5) is 0 Å². The van der Waals surface area contributed by atoms with Gasteiger partial charge in [0.2, 0.25) is 0 Å². The van der Waals surface area contributed by atoms with E-state index in [-0.39, 0.29) is 5.78 Å². The van der Waals surface area contributed by atoms with Crippen LogP contribution < -0.4 is 0 Å². The molecule has 2 aromatic rings. The van der Waals surface area contributed by atoms with E-state index >= 15 is 0 Å². The lowest BCUT2D eigenvalue weighted by Crippen LogP contribution is -1.95. The second kappa shape index (κ2) is 6.07. The average molecular weight is 277 g/mol. The van der Waals surface area contributed by atoms with Crippen molar-refractivity contribution in [1.82, 2.24) is 0 Å². The molecular weight excluding hydrogens is 264 g/mol. The SMILES string of the molecule is CC(=O)Cc1ccc(Sc2ccc(Cl)cc2)cc1. The minimum atomic E-state index is 0.188. The third kappa shape index (κ3) is 3.90. The van der Waals surface area contributed by atoms with Crippen LogP contribution in [0.1, 0.15) is 12.5 Å². The van der Waals surface area contributed by atoms with Gasteiger partial charge in [-0.05, 0) is 48.9 Å². The number of benzene rings is 2. The lowest BCUT2D eigenvalue weighted by Gasteiger charge is -2.03. The number of halogens is 1. The van der Waals surface area contributed by atoms with Crippen molar-refractivity contribution in [2.24, 2.45) is 0 Å². The normalized spacial score (nSPS) is 10.3. The standard InChI is InChI=1S/C15H13ClOS/c1-11(17)10-12-2-6-14(7-3-12)18-15-8-4-13(16)5-9-15/h2-9H,10H2,1H3. The number of hydrogen-bond donors (Lipinski definition) is 0. The Morgan fingerprint density at radius 1 is 1.00 bits per heavy atom. The van der Waals surface area contributed by atoms with Gasteiger partial charge in [0, 0.05) is 21.2 Å². The zero-order chi connectivity index (χ0) is 13.0. The zero-order valence-corrected chi connectivity index (χ0v) is 11.6. The largest absolute Gasteiger partial charge is 0.300 e. The summed E-state index contributed by atoms with van der Waals surface area (Å²) < 4.78 is 0. The van der Waals surface area contributed by atoms with E-state index in [2.05, 4.69) is 0 Å². The van der Waals surface area contributed by atoms with Crippen LogP contribution in [-0.4, -0.2) is 5.78 Å². The summed E-state index contributed by atoms with van der Waals surface area (Å²) in [5, 5.41) is 0.746. The highest BCUT2D eigenvalue weighted by Gasteiger charge is 2.00. The summed E-state index contributed by atoms with van der Waals surface area (Å²) in [4.78, 5) is 13.3. The molecule has 0 fully saturated rings. The third-order valence-electron chi connectivity index (χ3n) is 2.43. The Morgan fingerprint density at radius 3 is 2.00 bits per heavy atom. The number of carbonyl (C=O) groups is 1. The zero-order valence-electron chi connectivity index (χ0n) is 10.0. The average Bonchev–Trinajstić information content (AvgIpc) is 2.34. The molecular formula is C15H13ClOS. The Bertz CT molecular complexity index is 531. The Morgan fingerprint density at radius 2 is 1.50 bits per heavy atom. The van der Waals surface area contributed by atoms with Gasteiger partial charge in [-0.15, -0.1) is 0 Å². The second-order valence-electron chi connectivity index (χ2n) is 4.08. The van der Waals surface area contributed by atoms with Gasteiger partial charge in [0.15, 0.2) is 0 Å². The first-order valence-electron chi connectivity index (χ1n) is 5.65. The molecule has 0 aliphatic carbocycles. The fourth-order valence-electron chi connectivity index (χ4n) is 1.60. The number of ketones is 1. The van der Waals surface area contributed by atoms with E-state index in [4.69, 9.17) is 11.6 Å². The van der Waals surface area contributed by atoms with Crippen LogP contribution in [0, 0.1) is 0 Å². The maximum absolute atomic E-state index is 11.0. The first-order valence-corrected chi connectivity index (χ1v) is 6.85. The molecule has 0 spiro atoms. The molecule has 92 valence electrons. The number of Topliss-reactive ketones (excluding diaryl/α,β-unsaturated/α-hetero) is 1. The Labute approximate surface area is 116 Å². The molecule has 0 heterocycles. The van der Waals surface area contributed by atoms with Gasteiger partial charge in [0.05, 0.1) is 0 Å². The van der Waals surface area contributed by atoms with Gasteiger partial charge >= 0.3 is 0 Å². The highest BCUT2D eigenvalue weighted by atomic mass is 35.5. The third-order valence-corrected chi connectivity index (χ3v) is 3.69. The summed E-state index contributed by atoms with van der Waals surface area (Å²) in [6, 6.07) is 15.8. The van der Waals surface area contributed by atoms with E-state index in [0.717, 1.165) is 20.4 Å². The van der Waals surface area contributed by atoms with Crippen molar-refractivity contribution in [3.8, 4) is 0 Å². The molecule has 2 aromatic carbocycles. The highest BCUT2D eigenvalue weighted by Crippen LogP contribution is 2.28. The number of rotatable bonds is 4. The topological polar surface area (TPSA) is 17.1 Å². The lowest BCUT2D eigenvalue weighted by atomic mass is 10.1. The van der Waals surface area contributed by atoms with Gasteiger partial charge < -0.3 is 0 Å². The molecule has 0 aliphatic heterocycles. The van der Waals surface area contributed by atoms with Crippen LogP contribution in [0.15, 0.2) is 58.3 Å². The molecule has 0 bridgehead atoms. The lowest BCUT2D eigenvalue weighted by molar-refractivity contribution is -0.116. The van der Waals surface area contributed by atoms with Gasteiger partial charge in [-0.2, -0.15) is 0 Å². The quantitative estimate of drug-likeness (QED) is 0.810. The van der Waals surface area contributed by atoms with Crippen molar-refractivity contribution in [2.75, 3.05) is 0 Å². The highest BCUT2D eigenvalue weighted by molar-refractivity contribution is 7.99. The van der Waals surface area contributed by atoms with Gasteiger partial charge in [0.25, 0.3) is 0 Å². The van der Waals surface area contributed by atoms with E-state index in [1.54, 1.807) is 18.7 Å². The maximum atomic E-state index is 11.0. The molecule has 0 amide bonds. The van der Waals surface area contributed by atoms with Crippen molar-refractivity contribution in [3.05, 3.63) is 59.1 Å². The van der Waals surface area contributed by atoms with E-state index < -0.39 is 0 Å². The van der Waals surface area contributed by atoms with Crippen LogP contribution in [0.3, 0.4) is 0 Å². The fourth-order valence-corrected chi connectivity index (χ4v) is 2.54. The Hall–Kier alpha value is -1.25. The van der Waals surface area contributed by atoms with E-state index in [0.29, 0.717) is 6.42 Å². The molecule has 18 heavy (non-hydrogen) atoms. The minimum Gasteiger partial charge on any atom is -0.300 e. The molecule has 0 saturated carbocycles. The molecule has 0 aromatic heterocycles. The predicted molar refractivity (Wildman–Crippen MR) is 76.4 cm³/mol. The maximum Gasteiger partial charge on any atom is 0.134 e. The molecule has 0 aliphatic rings. The minimum absolute atomic E-state index is 0.188. The summed E-state index contributed by atoms with van der Waals surface area (Å²) in [5.41, 5.74) is 1.06. The van der Waals surface area contributed by atoms with Gasteiger partial charge in [0.1, 0.15) is 5.78 Å². The first-order chi connectivity index (χ1) is 8.63. The van der Waals surface area contributed by atoms with Gasteiger partial charge in [-0.25, -0.2) is 0 Å². The Balaban J connectivity index is 2.06. The van der Waals surface area contributed by atoms with Crippen molar-refractivity contribution in [3.63, 3.8) is 0 Å². The van der Waals surface area contributed by atoms with Crippen LogP contribution in [0.5, 0.6) is 0 Å². The van der Waals surface area contributed by atoms with Crippen molar-refractivity contribution in [2.45, 2.75) is 23.1 Å². The van der Waals surface area contributed by atoms with Crippen molar-refractivity contribution >= 4 is 29.1 Å². The molecule has 1 nitrogen and oxygen atoms in total. The van der Waals surface area contributed by atoms with Crippen LogP contribution in [0.25, 0.3) is 0 Å². The van der Waals surface area contributed by atoms with E-state index in [1.165, 1.54) is 0 Å². The predicted octanol–water partition coefficient (Wildman–Crippen LogP) is 4.62. The summed E-state index contributed by atoms with van der Waals surface area (Å²) in [6.07, 6.45) is 0.506. The molecule has 2 rings (SSSR count). The molecule has 3 heteroatoms. The smallest absolute Gasteiger partial charge is 0.134 e. The van der Waals surface area contributed by atoms with Gasteiger partial charge in [-0.1, -0.05) is 35.5 Å². The molecule has 0 saturated heterocycles. The summed E-state index contributed by atoms with van der Waals surface area (Å²) >= 11 is 7.52. The second-order valence-corrected chi connectivity index (χ2v) is 5.66. The molecule has 0 unspecified atom stereocenters. The fraction of sp³-hybridized carbons (Fsp3) is 0.133. The van der Waals surface area contributed by atoms with Crippen LogP contribution >= 0.6 is 23.4 Å². The number of carbonyl (C=O) groups excluding carboxylic acids is 1. The van der Waals surface area contributed by atoms with Crippen LogP contribution in [0.2, 0.25) is 5.02 Å². The van der Waals surface area contributed by atoms with Crippen LogP contribution in [-0.2, 0) is 11.2 Å². The van der Waals surface area contributed by atoms with Crippen molar-refractivity contribution in [1.29, 1.82) is 0 Å².